The van der Waals surface area contributed by atoms with E-state index in [4.69, 9.17) is 21.1 Å². The fraction of sp³-hybridized carbons (Fsp3) is 0.0741. The summed E-state index contributed by atoms with van der Waals surface area (Å²) in [6, 6.07) is 21.7. The SMILES string of the molecule is C=CCc1ccccc1OCC(=O)N/N=C\c1ccc(OC(=O)c2sc3ccccc3c2Cl)cc1. The van der Waals surface area contributed by atoms with Gasteiger partial charge < -0.3 is 9.47 Å². The standard InChI is InChI=1S/C27H21ClN2O4S/c1-2-7-19-8-3-5-10-22(19)33-17-24(31)30-29-16-18-12-14-20(15-13-18)34-27(32)26-25(28)21-9-4-6-11-23(21)35-26/h2-6,8-16H,1,7,17H2,(H,30,31)/b29-16-. The van der Waals surface area contributed by atoms with Crippen LogP contribution >= 0.6 is 22.9 Å². The maximum Gasteiger partial charge on any atom is 0.355 e. The number of amides is 1. The number of rotatable bonds is 9. The molecule has 0 fully saturated rings. The van der Waals surface area contributed by atoms with Gasteiger partial charge in [0, 0.05) is 10.1 Å². The number of carbonyl (C=O) groups excluding carboxylic acids is 2. The van der Waals surface area contributed by atoms with Crippen molar-refractivity contribution in [2.45, 2.75) is 6.42 Å². The number of para-hydroxylation sites is 1. The van der Waals surface area contributed by atoms with Gasteiger partial charge in [0.25, 0.3) is 5.91 Å². The quantitative estimate of drug-likeness (QED) is 0.0992. The minimum atomic E-state index is -0.514. The Kier molecular flexibility index (Phi) is 7.92. The number of esters is 1. The van der Waals surface area contributed by atoms with Gasteiger partial charge >= 0.3 is 5.97 Å². The molecule has 1 aromatic heterocycles. The van der Waals surface area contributed by atoms with Gasteiger partial charge in [-0.05, 0) is 53.9 Å². The second-order valence-electron chi connectivity index (χ2n) is 7.38. The molecule has 35 heavy (non-hydrogen) atoms. The molecular weight excluding hydrogens is 484 g/mol. The van der Waals surface area contributed by atoms with Crippen molar-refractivity contribution < 1.29 is 19.1 Å². The average Bonchev–Trinajstić information content (AvgIpc) is 3.21. The van der Waals surface area contributed by atoms with Crippen LogP contribution in [0.25, 0.3) is 10.1 Å². The van der Waals surface area contributed by atoms with Crippen molar-refractivity contribution in [2.24, 2.45) is 5.10 Å². The molecule has 0 spiro atoms. The molecule has 0 atom stereocenters. The highest BCUT2D eigenvalue weighted by molar-refractivity contribution is 7.21. The number of halogens is 1. The monoisotopic (exact) mass is 504 g/mol. The summed E-state index contributed by atoms with van der Waals surface area (Å²) in [6.07, 6.45) is 3.91. The van der Waals surface area contributed by atoms with E-state index >= 15 is 0 Å². The third-order valence-electron chi connectivity index (χ3n) is 4.91. The van der Waals surface area contributed by atoms with Crippen molar-refractivity contribution in [2.75, 3.05) is 6.61 Å². The number of nitrogens with one attached hydrogen (secondary N) is 1. The predicted molar refractivity (Wildman–Crippen MR) is 140 cm³/mol. The molecule has 0 aliphatic heterocycles. The number of hydrogen-bond donors (Lipinski definition) is 1. The maximum absolute atomic E-state index is 12.6. The summed E-state index contributed by atoms with van der Waals surface area (Å²) in [5.41, 5.74) is 4.09. The third kappa shape index (κ3) is 6.15. The molecule has 0 bridgehead atoms. The first-order chi connectivity index (χ1) is 17.0. The highest BCUT2D eigenvalue weighted by Crippen LogP contribution is 2.35. The lowest BCUT2D eigenvalue weighted by Gasteiger charge is -2.09. The normalized spacial score (nSPS) is 10.9. The number of nitrogens with zero attached hydrogens (tertiary/aromatic N) is 1. The van der Waals surface area contributed by atoms with E-state index in [1.807, 2.05) is 42.5 Å². The van der Waals surface area contributed by atoms with Gasteiger partial charge in [0.05, 0.1) is 11.2 Å². The molecule has 6 nitrogen and oxygen atoms in total. The first-order valence-corrected chi connectivity index (χ1v) is 11.9. The van der Waals surface area contributed by atoms with Gasteiger partial charge in [-0.15, -0.1) is 17.9 Å². The Hall–Kier alpha value is -3.94. The van der Waals surface area contributed by atoms with Gasteiger partial charge in [-0.25, -0.2) is 10.2 Å². The Labute approximate surface area is 211 Å². The zero-order valence-corrected chi connectivity index (χ0v) is 20.1. The molecule has 0 unspecified atom stereocenters. The number of hydrazone groups is 1. The Morgan fingerprint density at radius 1 is 1.03 bits per heavy atom. The Balaban J connectivity index is 1.29. The van der Waals surface area contributed by atoms with Gasteiger partial charge in [-0.1, -0.05) is 54.1 Å². The van der Waals surface area contributed by atoms with Crippen LogP contribution in [0.1, 0.15) is 20.8 Å². The lowest BCUT2D eigenvalue weighted by molar-refractivity contribution is -0.123. The summed E-state index contributed by atoms with van der Waals surface area (Å²) in [5.74, 6) is 0.102. The van der Waals surface area contributed by atoms with Gasteiger partial charge in [-0.3, -0.25) is 4.79 Å². The summed E-state index contributed by atoms with van der Waals surface area (Å²) in [6.45, 7) is 3.56. The number of allylic oxidation sites excluding steroid dienone is 1. The van der Waals surface area contributed by atoms with E-state index in [9.17, 15) is 9.59 Å². The van der Waals surface area contributed by atoms with E-state index in [1.165, 1.54) is 17.6 Å². The first kappa shape index (κ1) is 24.2. The number of hydrogen-bond acceptors (Lipinski definition) is 6. The summed E-state index contributed by atoms with van der Waals surface area (Å²) in [7, 11) is 0. The fourth-order valence-electron chi connectivity index (χ4n) is 3.24. The molecule has 8 heteroatoms. The summed E-state index contributed by atoms with van der Waals surface area (Å²) in [4.78, 5) is 25.0. The van der Waals surface area contributed by atoms with Gasteiger partial charge in [0.15, 0.2) is 6.61 Å². The van der Waals surface area contributed by atoms with Crippen LogP contribution in [-0.2, 0) is 11.2 Å². The molecule has 4 aromatic rings. The van der Waals surface area contributed by atoms with Crippen LogP contribution in [0.5, 0.6) is 11.5 Å². The smallest absolute Gasteiger partial charge is 0.355 e. The molecule has 176 valence electrons. The number of thiophene rings is 1. The number of carbonyl (C=O) groups is 2. The minimum Gasteiger partial charge on any atom is -0.483 e. The van der Waals surface area contributed by atoms with Crippen LogP contribution in [0.2, 0.25) is 5.02 Å². The van der Waals surface area contributed by atoms with Gasteiger partial charge in [0.2, 0.25) is 0 Å². The second kappa shape index (κ2) is 11.5. The van der Waals surface area contributed by atoms with Crippen molar-refractivity contribution >= 4 is 51.1 Å². The molecule has 1 amide bonds. The van der Waals surface area contributed by atoms with Crippen molar-refractivity contribution in [1.82, 2.24) is 5.43 Å². The topological polar surface area (TPSA) is 77.0 Å². The lowest BCUT2D eigenvalue weighted by atomic mass is 10.1. The molecule has 1 heterocycles. The van der Waals surface area contributed by atoms with E-state index in [-0.39, 0.29) is 12.5 Å². The minimum absolute atomic E-state index is 0.166. The Bertz CT molecular complexity index is 1400. The van der Waals surface area contributed by atoms with E-state index in [0.29, 0.717) is 33.4 Å². The summed E-state index contributed by atoms with van der Waals surface area (Å²) in [5, 5.41) is 5.16. The van der Waals surface area contributed by atoms with Gasteiger partial charge in [-0.2, -0.15) is 5.10 Å². The molecule has 3 aromatic carbocycles. The van der Waals surface area contributed by atoms with Crippen molar-refractivity contribution in [3.63, 3.8) is 0 Å². The van der Waals surface area contributed by atoms with E-state index in [1.54, 1.807) is 36.4 Å². The number of fused-ring (bicyclic) bond motifs is 1. The Morgan fingerprint density at radius 2 is 1.77 bits per heavy atom. The highest BCUT2D eigenvalue weighted by atomic mass is 35.5. The zero-order valence-electron chi connectivity index (χ0n) is 18.6. The lowest BCUT2D eigenvalue weighted by Crippen LogP contribution is -2.24. The van der Waals surface area contributed by atoms with Crippen LogP contribution in [0.3, 0.4) is 0 Å². The van der Waals surface area contributed by atoms with Crippen molar-refractivity contribution in [3.8, 4) is 11.5 Å². The highest BCUT2D eigenvalue weighted by Gasteiger charge is 2.18. The van der Waals surface area contributed by atoms with E-state index < -0.39 is 5.97 Å². The molecular formula is C27H21ClN2O4S. The van der Waals surface area contributed by atoms with Crippen LogP contribution in [0, 0.1) is 0 Å². The molecule has 1 N–H and O–H groups in total. The average molecular weight is 505 g/mol. The largest absolute Gasteiger partial charge is 0.483 e. The maximum atomic E-state index is 12.6. The van der Waals surface area contributed by atoms with E-state index in [0.717, 1.165) is 15.6 Å². The number of benzene rings is 3. The third-order valence-corrected chi connectivity index (χ3v) is 6.56. The molecule has 4 rings (SSSR count). The first-order valence-electron chi connectivity index (χ1n) is 10.7. The molecule has 0 aliphatic rings. The van der Waals surface area contributed by atoms with E-state index in [2.05, 4.69) is 17.1 Å². The molecule has 0 saturated heterocycles. The molecule has 0 aliphatic carbocycles. The predicted octanol–water partition coefficient (Wildman–Crippen LogP) is 6.03. The molecule has 0 saturated carbocycles. The summed E-state index contributed by atoms with van der Waals surface area (Å²) >= 11 is 7.64. The van der Waals surface area contributed by atoms with Crippen LogP contribution in [0.15, 0.2) is 90.6 Å². The van der Waals surface area contributed by atoms with Crippen LogP contribution in [-0.4, -0.2) is 24.7 Å². The Morgan fingerprint density at radius 3 is 2.54 bits per heavy atom. The van der Waals surface area contributed by atoms with Gasteiger partial charge in [0.1, 0.15) is 16.4 Å². The van der Waals surface area contributed by atoms with Crippen molar-refractivity contribution in [3.05, 3.63) is 106 Å². The number of ether oxygens (including phenoxy) is 2. The van der Waals surface area contributed by atoms with Crippen molar-refractivity contribution in [1.29, 1.82) is 0 Å². The summed E-state index contributed by atoms with van der Waals surface area (Å²) < 4.78 is 12.0. The van der Waals surface area contributed by atoms with Crippen LogP contribution in [0.4, 0.5) is 0 Å². The second-order valence-corrected chi connectivity index (χ2v) is 8.81. The zero-order chi connectivity index (χ0) is 24.6. The van der Waals surface area contributed by atoms with Crippen LogP contribution < -0.4 is 14.9 Å². The fourth-order valence-corrected chi connectivity index (χ4v) is 4.63. The molecule has 0 radical (unpaired) electrons.